The van der Waals surface area contributed by atoms with Crippen molar-refractivity contribution >= 4 is 17.3 Å². The van der Waals surface area contributed by atoms with Crippen LogP contribution < -0.4 is 10.2 Å². The first-order valence-electron chi connectivity index (χ1n) is 8.74. The third kappa shape index (κ3) is 4.43. The van der Waals surface area contributed by atoms with E-state index in [-0.39, 0.29) is 11.3 Å². The summed E-state index contributed by atoms with van der Waals surface area (Å²) in [4.78, 5) is 16.7. The lowest BCUT2D eigenvalue weighted by Gasteiger charge is -2.35. The van der Waals surface area contributed by atoms with Gasteiger partial charge >= 0.3 is 6.18 Å². The molecule has 2 aromatic rings. The van der Waals surface area contributed by atoms with Crippen molar-refractivity contribution in [1.29, 1.82) is 5.26 Å². The third-order valence-electron chi connectivity index (χ3n) is 4.67. The normalized spacial score (nSPS) is 15.2. The first-order valence-corrected chi connectivity index (χ1v) is 8.74. The summed E-state index contributed by atoms with van der Waals surface area (Å²) >= 11 is 0. The predicted octanol–water partition coefficient (Wildman–Crippen LogP) is 3.58. The van der Waals surface area contributed by atoms with Gasteiger partial charge in [-0.05, 0) is 43.4 Å². The van der Waals surface area contributed by atoms with Gasteiger partial charge in [0, 0.05) is 31.7 Å². The maximum absolute atomic E-state index is 13.2. The number of nitrogens with one attached hydrogen (secondary N) is 1. The lowest BCUT2D eigenvalue weighted by Crippen LogP contribution is -2.44. The minimum absolute atomic E-state index is 0.103. The lowest BCUT2D eigenvalue weighted by molar-refractivity contribution is -0.137. The highest BCUT2D eigenvalue weighted by Crippen LogP contribution is 2.36. The number of benzene rings is 2. The highest BCUT2D eigenvalue weighted by Gasteiger charge is 2.32. The van der Waals surface area contributed by atoms with Gasteiger partial charge in [-0.3, -0.25) is 4.79 Å². The summed E-state index contributed by atoms with van der Waals surface area (Å²) in [7, 11) is 1.98. The van der Waals surface area contributed by atoms with Crippen molar-refractivity contribution in [3.8, 4) is 6.07 Å². The molecule has 0 atom stereocenters. The van der Waals surface area contributed by atoms with Crippen molar-refractivity contribution in [3.63, 3.8) is 0 Å². The predicted molar refractivity (Wildman–Crippen MR) is 100 cm³/mol. The fraction of sp³-hybridized carbons (Fsp3) is 0.300. The first-order chi connectivity index (χ1) is 13.3. The molecule has 1 fully saturated rings. The Morgan fingerprint density at radius 3 is 2.46 bits per heavy atom. The molecular formula is C20H19F3N4O. The topological polar surface area (TPSA) is 59.4 Å². The minimum Gasteiger partial charge on any atom is -0.367 e. The van der Waals surface area contributed by atoms with Gasteiger partial charge in [-0.1, -0.05) is 6.07 Å². The molecule has 0 saturated carbocycles. The Labute approximate surface area is 161 Å². The zero-order chi connectivity index (χ0) is 20.3. The average molecular weight is 388 g/mol. The van der Waals surface area contributed by atoms with E-state index in [4.69, 9.17) is 5.26 Å². The number of anilines is 2. The quantitative estimate of drug-likeness (QED) is 0.873. The van der Waals surface area contributed by atoms with Crippen LogP contribution in [0.2, 0.25) is 0 Å². The fourth-order valence-electron chi connectivity index (χ4n) is 3.06. The molecule has 1 heterocycles. The van der Waals surface area contributed by atoms with E-state index in [1.807, 2.05) is 18.0 Å². The summed E-state index contributed by atoms with van der Waals surface area (Å²) in [6.45, 7) is 2.85. The number of likely N-dealkylation sites (N-methyl/N-ethyl adjacent to an activating group) is 1. The van der Waals surface area contributed by atoms with Crippen LogP contribution in [-0.2, 0) is 6.18 Å². The van der Waals surface area contributed by atoms with Gasteiger partial charge in [0.25, 0.3) is 5.91 Å². The Morgan fingerprint density at radius 1 is 1.11 bits per heavy atom. The molecule has 8 heteroatoms. The van der Waals surface area contributed by atoms with Gasteiger partial charge in [0.2, 0.25) is 0 Å². The summed E-state index contributed by atoms with van der Waals surface area (Å²) in [6.07, 6.45) is -4.51. The highest BCUT2D eigenvalue weighted by molar-refractivity contribution is 6.06. The zero-order valence-electron chi connectivity index (χ0n) is 15.3. The van der Waals surface area contributed by atoms with Crippen molar-refractivity contribution < 1.29 is 18.0 Å². The van der Waals surface area contributed by atoms with E-state index in [9.17, 15) is 18.0 Å². The molecule has 0 unspecified atom stereocenters. The molecule has 1 aliphatic rings. The van der Waals surface area contributed by atoms with Crippen molar-refractivity contribution in [2.45, 2.75) is 6.18 Å². The van der Waals surface area contributed by atoms with E-state index in [0.29, 0.717) is 24.3 Å². The van der Waals surface area contributed by atoms with Crippen LogP contribution in [0.15, 0.2) is 42.5 Å². The second-order valence-corrected chi connectivity index (χ2v) is 6.67. The number of halogens is 3. The number of piperazine rings is 1. The molecule has 0 aromatic heterocycles. The van der Waals surface area contributed by atoms with Crippen LogP contribution >= 0.6 is 0 Å². The van der Waals surface area contributed by atoms with Gasteiger partial charge in [-0.15, -0.1) is 0 Å². The minimum atomic E-state index is -4.51. The van der Waals surface area contributed by atoms with E-state index in [1.54, 1.807) is 12.1 Å². The van der Waals surface area contributed by atoms with Gasteiger partial charge in [0.1, 0.15) is 0 Å². The number of carbonyl (C=O) groups excluding carboxylic acids is 1. The molecule has 146 valence electrons. The highest BCUT2D eigenvalue weighted by atomic mass is 19.4. The van der Waals surface area contributed by atoms with Crippen molar-refractivity contribution in [2.75, 3.05) is 43.4 Å². The number of rotatable bonds is 3. The molecule has 1 aliphatic heterocycles. The average Bonchev–Trinajstić information content (AvgIpc) is 2.68. The van der Waals surface area contributed by atoms with E-state index in [0.717, 1.165) is 25.2 Å². The van der Waals surface area contributed by atoms with Crippen molar-refractivity contribution in [1.82, 2.24) is 4.90 Å². The number of nitrogens with zero attached hydrogens (tertiary/aromatic N) is 3. The Bertz CT molecular complexity index is 912. The van der Waals surface area contributed by atoms with Crippen LogP contribution in [0.4, 0.5) is 24.5 Å². The van der Waals surface area contributed by atoms with Crippen LogP contribution in [0.1, 0.15) is 21.5 Å². The van der Waals surface area contributed by atoms with E-state index >= 15 is 0 Å². The molecule has 28 heavy (non-hydrogen) atoms. The molecule has 3 rings (SSSR count). The molecule has 0 radical (unpaired) electrons. The van der Waals surface area contributed by atoms with E-state index < -0.39 is 17.6 Å². The molecule has 2 aromatic carbocycles. The Morgan fingerprint density at radius 2 is 1.82 bits per heavy atom. The Hall–Kier alpha value is -3.05. The SMILES string of the molecule is CN1CCN(c2ccc(C(F)(F)F)cc2NC(=O)c2cccc(C#N)c2)CC1. The standard InChI is InChI=1S/C20H19F3N4O/c1-26-7-9-27(10-8-26)18-6-5-16(20(21,22)23)12-17(18)25-19(28)15-4-2-3-14(11-15)13-24/h2-6,11-12H,7-10H2,1H3,(H,25,28). The molecule has 0 spiro atoms. The fourth-order valence-corrected chi connectivity index (χ4v) is 3.06. The van der Waals surface area contributed by atoms with Gasteiger partial charge in [-0.25, -0.2) is 0 Å². The smallest absolute Gasteiger partial charge is 0.367 e. The van der Waals surface area contributed by atoms with Crippen LogP contribution in [0, 0.1) is 11.3 Å². The number of alkyl halides is 3. The molecular weight excluding hydrogens is 369 g/mol. The summed E-state index contributed by atoms with van der Waals surface area (Å²) in [5.41, 5.74) is 0.334. The van der Waals surface area contributed by atoms with Gasteiger partial charge in [-0.2, -0.15) is 18.4 Å². The monoisotopic (exact) mass is 388 g/mol. The zero-order valence-corrected chi connectivity index (χ0v) is 15.3. The summed E-state index contributed by atoms with van der Waals surface area (Å²) < 4.78 is 39.5. The maximum Gasteiger partial charge on any atom is 0.416 e. The van der Waals surface area contributed by atoms with Crippen LogP contribution in [-0.4, -0.2) is 44.0 Å². The van der Waals surface area contributed by atoms with Gasteiger partial charge in [0.15, 0.2) is 0 Å². The molecule has 1 amide bonds. The van der Waals surface area contributed by atoms with Crippen LogP contribution in [0.5, 0.6) is 0 Å². The van der Waals surface area contributed by atoms with Crippen molar-refractivity contribution in [2.24, 2.45) is 0 Å². The maximum atomic E-state index is 13.2. The van der Waals surface area contributed by atoms with E-state index in [1.165, 1.54) is 18.2 Å². The number of nitriles is 1. The molecule has 5 nitrogen and oxygen atoms in total. The molecule has 0 bridgehead atoms. The Kier molecular flexibility index (Phi) is 5.56. The van der Waals surface area contributed by atoms with Gasteiger partial charge < -0.3 is 15.1 Å². The number of carbonyl (C=O) groups is 1. The second-order valence-electron chi connectivity index (χ2n) is 6.67. The van der Waals surface area contributed by atoms with Crippen LogP contribution in [0.3, 0.4) is 0 Å². The summed E-state index contributed by atoms with van der Waals surface area (Å²) in [6, 6.07) is 11.3. The van der Waals surface area contributed by atoms with Crippen molar-refractivity contribution in [3.05, 3.63) is 59.2 Å². The second kappa shape index (κ2) is 7.90. The Balaban J connectivity index is 1.94. The largest absolute Gasteiger partial charge is 0.416 e. The third-order valence-corrected chi connectivity index (χ3v) is 4.67. The lowest BCUT2D eigenvalue weighted by atomic mass is 10.1. The van der Waals surface area contributed by atoms with Gasteiger partial charge in [0.05, 0.1) is 28.6 Å². The summed E-state index contributed by atoms with van der Waals surface area (Å²) in [5, 5.41) is 11.6. The van der Waals surface area contributed by atoms with Crippen LogP contribution in [0.25, 0.3) is 0 Å². The summed E-state index contributed by atoms with van der Waals surface area (Å²) in [5.74, 6) is -0.563. The number of hydrogen-bond donors (Lipinski definition) is 1. The molecule has 0 aliphatic carbocycles. The molecule has 1 N–H and O–H groups in total. The van der Waals surface area contributed by atoms with E-state index in [2.05, 4.69) is 10.2 Å². The number of hydrogen-bond acceptors (Lipinski definition) is 4. The molecule has 1 saturated heterocycles. The first kappa shape index (κ1) is 19.7. The number of amides is 1.